The molecule has 1 aliphatic heterocycles. The quantitative estimate of drug-likeness (QED) is 0.874. The first-order valence-electron chi connectivity index (χ1n) is 7.27. The fourth-order valence-corrected chi connectivity index (χ4v) is 2.57. The van der Waals surface area contributed by atoms with Crippen molar-refractivity contribution in [3.63, 3.8) is 0 Å². The number of rotatable bonds is 3. The van der Waals surface area contributed by atoms with E-state index in [2.05, 4.69) is 4.98 Å². The van der Waals surface area contributed by atoms with E-state index in [0.29, 0.717) is 25.3 Å². The molecule has 1 atom stereocenters. The molecule has 0 radical (unpaired) electrons. The standard InChI is InChI=1S/C17H17FN2O2/c18-15-4-2-1-3-14(15)11-17(21)20-9-10-22-16(12-20)13-5-7-19-8-6-13/h1-8,16H,9-12H2/t16-/m0/s1. The van der Waals surface area contributed by atoms with Crippen LogP contribution in [-0.2, 0) is 16.0 Å². The molecule has 5 heteroatoms. The van der Waals surface area contributed by atoms with Gasteiger partial charge < -0.3 is 9.64 Å². The molecule has 0 saturated carbocycles. The molecule has 1 amide bonds. The zero-order chi connectivity index (χ0) is 15.4. The highest BCUT2D eigenvalue weighted by Gasteiger charge is 2.25. The average Bonchev–Trinajstić information content (AvgIpc) is 2.58. The van der Waals surface area contributed by atoms with Gasteiger partial charge in [-0.15, -0.1) is 0 Å². The SMILES string of the molecule is O=C(Cc1ccccc1F)N1CCO[C@H](c2ccncc2)C1. The summed E-state index contributed by atoms with van der Waals surface area (Å²) in [6, 6.07) is 10.2. The van der Waals surface area contributed by atoms with E-state index in [0.717, 1.165) is 5.56 Å². The Bertz CT molecular complexity index is 648. The van der Waals surface area contributed by atoms with E-state index < -0.39 is 0 Å². The van der Waals surface area contributed by atoms with Gasteiger partial charge in [-0.05, 0) is 29.3 Å². The van der Waals surface area contributed by atoms with Crippen molar-refractivity contribution >= 4 is 5.91 Å². The highest BCUT2D eigenvalue weighted by Crippen LogP contribution is 2.22. The van der Waals surface area contributed by atoms with Crippen LogP contribution >= 0.6 is 0 Å². The van der Waals surface area contributed by atoms with Crippen LogP contribution in [-0.4, -0.2) is 35.5 Å². The van der Waals surface area contributed by atoms with Crippen molar-refractivity contribution in [1.29, 1.82) is 0 Å². The van der Waals surface area contributed by atoms with E-state index in [1.54, 1.807) is 35.5 Å². The average molecular weight is 300 g/mol. The van der Waals surface area contributed by atoms with Crippen LogP contribution in [0.4, 0.5) is 4.39 Å². The largest absolute Gasteiger partial charge is 0.370 e. The maximum atomic E-state index is 13.7. The lowest BCUT2D eigenvalue weighted by Crippen LogP contribution is -2.43. The molecule has 1 aliphatic rings. The van der Waals surface area contributed by atoms with E-state index in [9.17, 15) is 9.18 Å². The molecule has 1 aromatic carbocycles. The molecule has 0 spiro atoms. The second-order valence-corrected chi connectivity index (χ2v) is 5.25. The number of benzene rings is 1. The number of pyridine rings is 1. The number of nitrogens with zero attached hydrogens (tertiary/aromatic N) is 2. The van der Waals surface area contributed by atoms with Crippen molar-refractivity contribution in [3.8, 4) is 0 Å². The van der Waals surface area contributed by atoms with Crippen molar-refractivity contribution < 1.29 is 13.9 Å². The molecular formula is C17H17FN2O2. The number of morpholine rings is 1. The second-order valence-electron chi connectivity index (χ2n) is 5.25. The highest BCUT2D eigenvalue weighted by atomic mass is 19.1. The molecule has 0 unspecified atom stereocenters. The fourth-order valence-electron chi connectivity index (χ4n) is 2.57. The Morgan fingerprint density at radius 3 is 2.82 bits per heavy atom. The van der Waals surface area contributed by atoms with E-state index in [-0.39, 0.29) is 24.2 Å². The van der Waals surface area contributed by atoms with Gasteiger partial charge >= 0.3 is 0 Å². The van der Waals surface area contributed by atoms with Gasteiger partial charge in [0.1, 0.15) is 11.9 Å². The van der Waals surface area contributed by atoms with Crippen LogP contribution in [0.5, 0.6) is 0 Å². The third-order valence-corrected chi connectivity index (χ3v) is 3.80. The van der Waals surface area contributed by atoms with Crippen molar-refractivity contribution in [1.82, 2.24) is 9.88 Å². The van der Waals surface area contributed by atoms with Crippen molar-refractivity contribution in [2.24, 2.45) is 0 Å². The molecule has 114 valence electrons. The Morgan fingerprint density at radius 2 is 2.05 bits per heavy atom. The molecule has 1 saturated heterocycles. The minimum absolute atomic E-state index is 0.0764. The molecule has 0 N–H and O–H groups in total. The lowest BCUT2D eigenvalue weighted by molar-refractivity contribution is -0.138. The Labute approximate surface area is 128 Å². The number of ether oxygens (including phenoxy) is 1. The fraction of sp³-hybridized carbons (Fsp3) is 0.294. The molecule has 2 heterocycles. The lowest BCUT2D eigenvalue weighted by atomic mass is 10.1. The Morgan fingerprint density at radius 1 is 1.27 bits per heavy atom. The van der Waals surface area contributed by atoms with E-state index in [1.165, 1.54) is 6.07 Å². The molecule has 3 rings (SSSR count). The number of carbonyl (C=O) groups excluding carboxylic acids is 1. The molecule has 1 aromatic heterocycles. The normalized spacial score (nSPS) is 18.2. The van der Waals surface area contributed by atoms with Crippen molar-refractivity contribution in [2.45, 2.75) is 12.5 Å². The van der Waals surface area contributed by atoms with E-state index in [1.807, 2.05) is 12.1 Å². The summed E-state index contributed by atoms with van der Waals surface area (Å²) in [6.45, 7) is 1.50. The number of hydrogen-bond donors (Lipinski definition) is 0. The van der Waals surface area contributed by atoms with Crippen LogP contribution < -0.4 is 0 Å². The first-order chi connectivity index (χ1) is 10.7. The predicted octanol–water partition coefficient (Wildman–Crippen LogP) is 2.36. The molecular weight excluding hydrogens is 283 g/mol. The summed E-state index contributed by atoms with van der Waals surface area (Å²) in [4.78, 5) is 18.1. The molecule has 2 aromatic rings. The number of amides is 1. The smallest absolute Gasteiger partial charge is 0.227 e. The summed E-state index contributed by atoms with van der Waals surface area (Å²) in [5.41, 5.74) is 1.43. The minimum atomic E-state index is -0.338. The van der Waals surface area contributed by atoms with E-state index >= 15 is 0 Å². The van der Waals surface area contributed by atoms with Gasteiger partial charge in [-0.1, -0.05) is 18.2 Å². The first-order valence-corrected chi connectivity index (χ1v) is 7.27. The van der Waals surface area contributed by atoms with Gasteiger partial charge in [-0.2, -0.15) is 0 Å². The monoisotopic (exact) mass is 300 g/mol. The van der Waals surface area contributed by atoms with Gasteiger partial charge in [-0.3, -0.25) is 9.78 Å². The van der Waals surface area contributed by atoms with Crippen molar-refractivity contribution in [2.75, 3.05) is 19.7 Å². The van der Waals surface area contributed by atoms with Gasteiger partial charge in [-0.25, -0.2) is 4.39 Å². The molecule has 0 bridgehead atoms. The zero-order valence-electron chi connectivity index (χ0n) is 12.1. The summed E-state index contributed by atoms with van der Waals surface area (Å²) < 4.78 is 19.4. The highest BCUT2D eigenvalue weighted by molar-refractivity contribution is 5.79. The van der Waals surface area contributed by atoms with Crippen molar-refractivity contribution in [3.05, 3.63) is 65.7 Å². The van der Waals surface area contributed by atoms with Crippen LogP contribution in [0.3, 0.4) is 0 Å². The van der Waals surface area contributed by atoms with Gasteiger partial charge in [0, 0.05) is 18.9 Å². The van der Waals surface area contributed by atoms with E-state index in [4.69, 9.17) is 4.74 Å². The van der Waals surface area contributed by atoms with Gasteiger partial charge in [0.05, 0.1) is 19.6 Å². The number of carbonyl (C=O) groups is 1. The first kappa shape index (κ1) is 14.7. The third kappa shape index (κ3) is 3.31. The maximum Gasteiger partial charge on any atom is 0.227 e. The number of aromatic nitrogens is 1. The number of halogens is 1. The molecule has 22 heavy (non-hydrogen) atoms. The van der Waals surface area contributed by atoms with Crippen LogP contribution in [0.15, 0.2) is 48.8 Å². The second kappa shape index (κ2) is 6.66. The Balaban J connectivity index is 1.67. The van der Waals surface area contributed by atoms with Crippen LogP contribution in [0.25, 0.3) is 0 Å². The zero-order valence-corrected chi connectivity index (χ0v) is 12.1. The maximum absolute atomic E-state index is 13.7. The summed E-state index contributed by atoms with van der Waals surface area (Å²) in [5.74, 6) is -0.415. The summed E-state index contributed by atoms with van der Waals surface area (Å²) >= 11 is 0. The van der Waals surface area contributed by atoms with Gasteiger partial charge in [0.2, 0.25) is 5.91 Å². The Hall–Kier alpha value is -2.27. The summed E-state index contributed by atoms with van der Waals surface area (Å²) in [6.07, 6.45) is 3.34. The lowest BCUT2D eigenvalue weighted by Gasteiger charge is -2.33. The molecule has 0 aliphatic carbocycles. The third-order valence-electron chi connectivity index (χ3n) is 3.80. The van der Waals surface area contributed by atoms with Gasteiger partial charge in [0.15, 0.2) is 0 Å². The predicted molar refractivity (Wildman–Crippen MR) is 79.6 cm³/mol. The number of hydrogen-bond acceptors (Lipinski definition) is 3. The topological polar surface area (TPSA) is 42.4 Å². The minimum Gasteiger partial charge on any atom is -0.370 e. The molecule has 1 fully saturated rings. The van der Waals surface area contributed by atoms with Crippen LogP contribution in [0, 0.1) is 5.82 Å². The van der Waals surface area contributed by atoms with Crippen LogP contribution in [0.1, 0.15) is 17.2 Å². The Kier molecular flexibility index (Phi) is 4.44. The van der Waals surface area contributed by atoms with Gasteiger partial charge in [0.25, 0.3) is 0 Å². The summed E-state index contributed by atoms with van der Waals surface area (Å²) in [5, 5.41) is 0. The van der Waals surface area contributed by atoms with Crippen LogP contribution in [0.2, 0.25) is 0 Å². The molecule has 4 nitrogen and oxygen atoms in total. The summed E-state index contributed by atoms with van der Waals surface area (Å²) in [7, 11) is 0.